The zero-order valence-electron chi connectivity index (χ0n) is 15.1. The fraction of sp³-hybridized carbons (Fsp3) is 0.812. The van der Waals surface area contributed by atoms with Gasteiger partial charge in [-0.15, -0.1) is 17.0 Å². The van der Waals surface area contributed by atoms with E-state index >= 15 is 0 Å². The molecule has 0 radical (unpaired) electrons. The Morgan fingerprint density at radius 1 is 0.952 bits per heavy atom. The number of carboxylic acids is 1. The Balaban J connectivity index is -0.000000101. The normalized spacial score (nSPS) is 9.00. The van der Waals surface area contributed by atoms with E-state index in [0.717, 1.165) is 0 Å². The molecule has 130 valence electrons. The first kappa shape index (κ1) is 28.7. The van der Waals surface area contributed by atoms with E-state index in [1.165, 1.54) is 45.7 Å². The van der Waals surface area contributed by atoms with Gasteiger partial charge in [-0.1, -0.05) is 33.3 Å². The molecule has 0 heterocycles. The molecule has 0 spiro atoms. The standard InChI is InChI=1S/2C6H15N.C4H6O2.BrH/c2*1-4-5-6-7(2)3;1-3(2)4(5)6;/h2*4-6H2,1-3H3;1H2,2H3,(H,5,6);1H. The van der Waals surface area contributed by atoms with Gasteiger partial charge in [-0.25, -0.2) is 4.79 Å². The van der Waals surface area contributed by atoms with Crippen molar-refractivity contribution in [2.24, 2.45) is 0 Å². The lowest BCUT2D eigenvalue weighted by Gasteiger charge is -2.05. The van der Waals surface area contributed by atoms with E-state index < -0.39 is 5.97 Å². The molecule has 0 aromatic heterocycles. The van der Waals surface area contributed by atoms with Crippen molar-refractivity contribution in [2.45, 2.75) is 46.5 Å². The van der Waals surface area contributed by atoms with Crippen LogP contribution in [0.25, 0.3) is 0 Å². The van der Waals surface area contributed by atoms with Crippen molar-refractivity contribution in [3.63, 3.8) is 0 Å². The van der Waals surface area contributed by atoms with E-state index in [0.29, 0.717) is 0 Å². The van der Waals surface area contributed by atoms with E-state index in [9.17, 15) is 4.79 Å². The van der Waals surface area contributed by atoms with E-state index in [-0.39, 0.29) is 22.6 Å². The van der Waals surface area contributed by atoms with Crippen molar-refractivity contribution in [3.05, 3.63) is 12.2 Å². The molecular weight excluding hydrogens is 332 g/mol. The SMILES string of the molecule is Br.C=C(C)C(=O)O.CCCCN(C)C.CCCCN(C)C. The maximum absolute atomic E-state index is 9.60. The van der Waals surface area contributed by atoms with Crippen LogP contribution in [0.15, 0.2) is 12.2 Å². The summed E-state index contributed by atoms with van der Waals surface area (Å²) in [5.74, 6) is -0.935. The van der Waals surface area contributed by atoms with E-state index in [4.69, 9.17) is 5.11 Å². The molecule has 0 aromatic carbocycles. The summed E-state index contributed by atoms with van der Waals surface area (Å²) in [6, 6.07) is 0. The Morgan fingerprint density at radius 2 is 1.19 bits per heavy atom. The molecule has 0 aliphatic carbocycles. The molecule has 5 heteroatoms. The summed E-state index contributed by atoms with van der Waals surface area (Å²) >= 11 is 0. The van der Waals surface area contributed by atoms with Crippen LogP contribution >= 0.6 is 17.0 Å². The molecule has 0 fully saturated rings. The van der Waals surface area contributed by atoms with Gasteiger partial charge in [-0.3, -0.25) is 0 Å². The summed E-state index contributed by atoms with van der Waals surface area (Å²) in [5.41, 5.74) is 0.176. The Labute approximate surface area is 143 Å². The lowest BCUT2D eigenvalue weighted by Crippen LogP contribution is -2.12. The van der Waals surface area contributed by atoms with Crippen LogP contribution in [0.2, 0.25) is 0 Å². The highest BCUT2D eigenvalue weighted by atomic mass is 79.9. The lowest BCUT2D eigenvalue weighted by molar-refractivity contribution is -0.132. The van der Waals surface area contributed by atoms with Crippen LogP contribution < -0.4 is 0 Å². The molecule has 0 aliphatic rings. The number of hydrogen-bond donors (Lipinski definition) is 1. The first-order chi connectivity index (χ1) is 9.18. The maximum Gasteiger partial charge on any atom is 0.330 e. The molecule has 0 rings (SSSR count). The minimum absolute atomic E-state index is 0. The van der Waals surface area contributed by atoms with Gasteiger partial charge in [0.1, 0.15) is 0 Å². The average molecular weight is 369 g/mol. The maximum atomic E-state index is 9.60. The van der Waals surface area contributed by atoms with E-state index in [1.807, 2.05) is 0 Å². The molecule has 0 amide bonds. The van der Waals surface area contributed by atoms with Gasteiger partial charge in [0.05, 0.1) is 0 Å². The van der Waals surface area contributed by atoms with Crippen molar-refractivity contribution in [1.82, 2.24) is 9.80 Å². The quantitative estimate of drug-likeness (QED) is 0.691. The van der Waals surface area contributed by atoms with Gasteiger partial charge in [0.2, 0.25) is 0 Å². The predicted octanol–water partition coefficient (Wildman–Crippen LogP) is 3.92. The van der Waals surface area contributed by atoms with Gasteiger partial charge in [-0.05, 0) is 61.0 Å². The number of aliphatic carboxylic acids is 1. The first-order valence-corrected chi connectivity index (χ1v) is 7.37. The third-order valence-corrected chi connectivity index (χ3v) is 2.28. The van der Waals surface area contributed by atoms with Gasteiger partial charge in [-0.2, -0.15) is 0 Å². The molecule has 0 saturated heterocycles. The van der Waals surface area contributed by atoms with Crippen molar-refractivity contribution in [3.8, 4) is 0 Å². The second kappa shape index (κ2) is 21.9. The zero-order valence-corrected chi connectivity index (χ0v) is 16.8. The van der Waals surface area contributed by atoms with Crippen LogP contribution in [0.5, 0.6) is 0 Å². The first-order valence-electron chi connectivity index (χ1n) is 7.37. The van der Waals surface area contributed by atoms with E-state index in [1.54, 1.807) is 0 Å². The Morgan fingerprint density at radius 3 is 1.24 bits per heavy atom. The molecule has 0 atom stereocenters. The van der Waals surface area contributed by atoms with Crippen LogP contribution in [0.4, 0.5) is 0 Å². The molecule has 21 heavy (non-hydrogen) atoms. The minimum atomic E-state index is -0.935. The predicted molar refractivity (Wildman–Crippen MR) is 99.7 cm³/mol. The highest BCUT2D eigenvalue weighted by Crippen LogP contribution is 1.86. The summed E-state index contributed by atoms with van der Waals surface area (Å²) < 4.78 is 0. The third kappa shape index (κ3) is 45.1. The molecule has 1 N–H and O–H groups in total. The van der Waals surface area contributed by atoms with Crippen LogP contribution in [-0.4, -0.2) is 62.2 Å². The zero-order chi connectivity index (χ0) is 16.6. The van der Waals surface area contributed by atoms with Crippen molar-refractivity contribution < 1.29 is 9.90 Å². The molecule has 4 nitrogen and oxygen atoms in total. The van der Waals surface area contributed by atoms with Gasteiger partial charge in [0, 0.05) is 5.57 Å². The molecular formula is C16H37BrN2O2. The Bertz CT molecular complexity index is 208. The largest absolute Gasteiger partial charge is 0.478 e. The Kier molecular flexibility index (Phi) is 30.0. The summed E-state index contributed by atoms with van der Waals surface area (Å²) in [5, 5.41) is 7.89. The van der Waals surface area contributed by atoms with Crippen molar-refractivity contribution >= 4 is 23.0 Å². The summed E-state index contributed by atoms with van der Waals surface area (Å²) in [4.78, 5) is 14.0. The molecule has 0 saturated carbocycles. The number of hydrogen-bond acceptors (Lipinski definition) is 3. The minimum Gasteiger partial charge on any atom is -0.478 e. The van der Waals surface area contributed by atoms with Crippen LogP contribution in [0, 0.1) is 0 Å². The summed E-state index contributed by atoms with van der Waals surface area (Å²) in [7, 11) is 8.43. The van der Waals surface area contributed by atoms with Crippen LogP contribution in [-0.2, 0) is 4.79 Å². The summed E-state index contributed by atoms with van der Waals surface area (Å²) in [6.45, 7) is 11.5. The summed E-state index contributed by atoms with van der Waals surface area (Å²) in [6.07, 6.45) is 5.26. The van der Waals surface area contributed by atoms with Crippen molar-refractivity contribution in [2.75, 3.05) is 41.3 Å². The number of nitrogens with zero attached hydrogens (tertiary/aromatic N) is 2. The van der Waals surface area contributed by atoms with Crippen LogP contribution in [0.3, 0.4) is 0 Å². The van der Waals surface area contributed by atoms with Gasteiger partial charge < -0.3 is 14.9 Å². The highest BCUT2D eigenvalue weighted by Gasteiger charge is 1.90. The number of rotatable bonds is 7. The third-order valence-electron chi connectivity index (χ3n) is 2.28. The molecule has 0 aliphatic heterocycles. The number of halogens is 1. The van der Waals surface area contributed by atoms with Gasteiger partial charge in [0.25, 0.3) is 0 Å². The number of carboxylic acid groups (broad SMARTS) is 1. The number of carbonyl (C=O) groups is 1. The second-order valence-corrected chi connectivity index (χ2v) is 5.40. The second-order valence-electron chi connectivity index (χ2n) is 5.40. The van der Waals surface area contributed by atoms with E-state index in [2.05, 4.69) is 58.4 Å². The monoisotopic (exact) mass is 368 g/mol. The smallest absolute Gasteiger partial charge is 0.330 e. The average Bonchev–Trinajstić information content (AvgIpc) is 2.35. The number of unbranched alkanes of at least 4 members (excludes halogenated alkanes) is 2. The van der Waals surface area contributed by atoms with Crippen LogP contribution in [0.1, 0.15) is 46.5 Å². The highest BCUT2D eigenvalue weighted by molar-refractivity contribution is 8.93. The topological polar surface area (TPSA) is 43.8 Å². The molecule has 0 bridgehead atoms. The molecule has 0 aromatic rings. The Hall–Kier alpha value is -0.390. The van der Waals surface area contributed by atoms with Crippen molar-refractivity contribution in [1.29, 1.82) is 0 Å². The fourth-order valence-corrected chi connectivity index (χ4v) is 0.949. The van der Waals surface area contributed by atoms with Gasteiger partial charge in [0.15, 0.2) is 0 Å². The van der Waals surface area contributed by atoms with Gasteiger partial charge >= 0.3 is 5.97 Å². The molecule has 0 unspecified atom stereocenters. The lowest BCUT2D eigenvalue weighted by atomic mass is 10.3. The fourth-order valence-electron chi connectivity index (χ4n) is 0.949.